The van der Waals surface area contributed by atoms with Crippen molar-refractivity contribution in [3.05, 3.63) is 22.2 Å². The van der Waals surface area contributed by atoms with Crippen molar-refractivity contribution >= 4 is 15.9 Å². The van der Waals surface area contributed by atoms with Crippen molar-refractivity contribution in [1.29, 1.82) is 0 Å². The molecule has 1 aromatic rings. The summed E-state index contributed by atoms with van der Waals surface area (Å²) in [6, 6.07) is 3.18. The van der Waals surface area contributed by atoms with E-state index < -0.39 is 6.04 Å². The first kappa shape index (κ1) is 9.76. The van der Waals surface area contributed by atoms with Crippen LogP contribution in [0, 0.1) is 0 Å². The molecule has 0 aliphatic carbocycles. The SMILES string of the molecule is N[C@H](CO)c1c(Br)ccc2c1OCO2. The van der Waals surface area contributed by atoms with Gasteiger partial charge in [0.1, 0.15) is 0 Å². The third-order valence-electron chi connectivity index (χ3n) is 2.09. The van der Waals surface area contributed by atoms with Crippen LogP contribution in [0.15, 0.2) is 16.6 Å². The van der Waals surface area contributed by atoms with Crippen LogP contribution in [0.4, 0.5) is 0 Å². The number of hydrogen-bond acceptors (Lipinski definition) is 4. The lowest BCUT2D eigenvalue weighted by atomic mass is 10.1. The molecule has 1 heterocycles. The third kappa shape index (κ3) is 1.47. The van der Waals surface area contributed by atoms with Crippen LogP contribution >= 0.6 is 15.9 Å². The van der Waals surface area contributed by atoms with Gasteiger partial charge in [-0.1, -0.05) is 15.9 Å². The molecule has 0 amide bonds. The van der Waals surface area contributed by atoms with Gasteiger partial charge in [-0.05, 0) is 12.1 Å². The second-order valence-corrected chi connectivity index (χ2v) is 3.84. The van der Waals surface area contributed by atoms with E-state index in [-0.39, 0.29) is 13.4 Å². The zero-order valence-electron chi connectivity index (χ0n) is 7.37. The molecule has 3 N–H and O–H groups in total. The van der Waals surface area contributed by atoms with Gasteiger partial charge in [-0.25, -0.2) is 0 Å². The molecule has 0 aromatic heterocycles. The average molecular weight is 260 g/mol. The van der Waals surface area contributed by atoms with Crippen LogP contribution in [-0.2, 0) is 0 Å². The maximum Gasteiger partial charge on any atom is 0.231 e. The van der Waals surface area contributed by atoms with E-state index in [1.807, 2.05) is 6.07 Å². The van der Waals surface area contributed by atoms with E-state index in [4.69, 9.17) is 20.3 Å². The van der Waals surface area contributed by atoms with Crippen LogP contribution in [0.5, 0.6) is 11.5 Å². The fourth-order valence-electron chi connectivity index (χ4n) is 1.41. The highest BCUT2D eigenvalue weighted by Crippen LogP contribution is 2.41. The first-order valence-electron chi connectivity index (χ1n) is 4.18. The monoisotopic (exact) mass is 259 g/mol. The average Bonchev–Trinajstić information content (AvgIpc) is 2.64. The summed E-state index contributed by atoms with van der Waals surface area (Å²) in [6.07, 6.45) is 0. The quantitative estimate of drug-likeness (QED) is 0.837. The number of fused-ring (bicyclic) bond motifs is 1. The topological polar surface area (TPSA) is 64.7 Å². The van der Waals surface area contributed by atoms with Crippen LogP contribution in [0.1, 0.15) is 11.6 Å². The zero-order chi connectivity index (χ0) is 10.1. The van der Waals surface area contributed by atoms with Crippen LogP contribution in [0.25, 0.3) is 0 Å². The Morgan fingerprint density at radius 2 is 2.29 bits per heavy atom. The van der Waals surface area contributed by atoms with Crippen molar-refractivity contribution in [3.63, 3.8) is 0 Å². The van der Waals surface area contributed by atoms with E-state index in [0.717, 1.165) is 10.0 Å². The molecule has 1 atom stereocenters. The second kappa shape index (κ2) is 3.76. The molecule has 4 nitrogen and oxygen atoms in total. The number of halogens is 1. The molecule has 2 rings (SSSR count). The summed E-state index contributed by atoms with van der Waals surface area (Å²) in [7, 11) is 0. The Hall–Kier alpha value is -0.780. The maximum absolute atomic E-state index is 9.00. The van der Waals surface area contributed by atoms with E-state index in [2.05, 4.69) is 15.9 Å². The van der Waals surface area contributed by atoms with Gasteiger partial charge < -0.3 is 20.3 Å². The molecule has 0 saturated heterocycles. The summed E-state index contributed by atoms with van der Waals surface area (Å²) in [5.41, 5.74) is 6.50. The Morgan fingerprint density at radius 3 is 3.00 bits per heavy atom. The highest BCUT2D eigenvalue weighted by molar-refractivity contribution is 9.10. The standard InChI is InChI=1S/C9H10BrNO3/c10-5-1-2-7-9(14-4-13-7)8(5)6(11)3-12/h1-2,6,12H,3-4,11H2/t6-/m1/s1. The Kier molecular flexibility index (Phi) is 2.62. The number of ether oxygens (including phenoxy) is 2. The molecular weight excluding hydrogens is 250 g/mol. The summed E-state index contributed by atoms with van der Waals surface area (Å²) in [5.74, 6) is 1.30. The summed E-state index contributed by atoms with van der Waals surface area (Å²) in [6.45, 7) is 0.0787. The van der Waals surface area contributed by atoms with Gasteiger partial charge in [0.05, 0.1) is 12.6 Å². The van der Waals surface area contributed by atoms with E-state index in [9.17, 15) is 0 Å². The minimum Gasteiger partial charge on any atom is -0.454 e. The number of hydrogen-bond donors (Lipinski definition) is 2. The molecule has 0 fully saturated rings. The molecule has 14 heavy (non-hydrogen) atoms. The van der Waals surface area contributed by atoms with Crippen molar-refractivity contribution in [1.82, 2.24) is 0 Å². The van der Waals surface area contributed by atoms with Crippen molar-refractivity contribution < 1.29 is 14.6 Å². The highest BCUT2D eigenvalue weighted by Gasteiger charge is 2.23. The summed E-state index contributed by atoms with van der Waals surface area (Å²) >= 11 is 3.36. The largest absolute Gasteiger partial charge is 0.454 e. The molecule has 76 valence electrons. The highest BCUT2D eigenvalue weighted by atomic mass is 79.9. The van der Waals surface area contributed by atoms with E-state index in [1.165, 1.54) is 0 Å². The fraction of sp³-hybridized carbons (Fsp3) is 0.333. The summed E-state index contributed by atoms with van der Waals surface area (Å²) in [5, 5.41) is 9.00. The number of nitrogens with two attached hydrogens (primary N) is 1. The fourth-order valence-corrected chi connectivity index (χ4v) is 2.01. The van der Waals surface area contributed by atoms with Crippen LogP contribution in [-0.4, -0.2) is 18.5 Å². The lowest BCUT2D eigenvalue weighted by Crippen LogP contribution is -2.15. The summed E-state index contributed by atoms with van der Waals surface area (Å²) < 4.78 is 11.3. The lowest BCUT2D eigenvalue weighted by molar-refractivity contribution is 0.172. The van der Waals surface area contributed by atoms with E-state index in [1.54, 1.807) is 6.07 Å². The lowest BCUT2D eigenvalue weighted by Gasteiger charge is -2.13. The van der Waals surface area contributed by atoms with E-state index >= 15 is 0 Å². The minimum atomic E-state index is -0.457. The van der Waals surface area contributed by atoms with Gasteiger partial charge >= 0.3 is 0 Å². The third-order valence-corrected chi connectivity index (χ3v) is 2.78. The van der Waals surface area contributed by atoms with Gasteiger partial charge in [-0.2, -0.15) is 0 Å². The first-order chi connectivity index (χ1) is 6.74. The minimum absolute atomic E-state index is 0.127. The Labute approximate surface area is 89.7 Å². The number of benzene rings is 1. The number of rotatable bonds is 2. The molecular formula is C9H10BrNO3. The molecule has 0 saturated carbocycles. The second-order valence-electron chi connectivity index (χ2n) is 2.98. The molecule has 5 heteroatoms. The van der Waals surface area contributed by atoms with Crippen molar-refractivity contribution in [3.8, 4) is 11.5 Å². The van der Waals surface area contributed by atoms with Gasteiger partial charge in [-0.15, -0.1) is 0 Å². The predicted molar refractivity (Wildman–Crippen MR) is 54.3 cm³/mol. The van der Waals surface area contributed by atoms with Crippen molar-refractivity contribution in [2.24, 2.45) is 5.73 Å². The molecule has 1 aliphatic heterocycles. The predicted octanol–water partition coefficient (Wildman–Crippen LogP) is 1.17. The normalized spacial score (nSPS) is 15.6. The van der Waals surface area contributed by atoms with Crippen LogP contribution < -0.4 is 15.2 Å². The van der Waals surface area contributed by atoms with Crippen molar-refractivity contribution in [2.75, 3.05) is 13.4 Å². The van der Waals surface area contributed by atoms with Crippen molar-refractivity contribution in [2.45, 2.75) is 6.04 Å². The van der Waals surface area contributed by atoms with Gasteiger partial charge in [0.25, 0.3) is 0 Å². The van der Waals surface area contributed by atoms with Gasteiger partial charge in [0.2, 0.25) is 6.79 Å². The zero-order valence-corrected chi connectivity index (χ0v) is 8.95. The smallest absolute Gasteiger partial charge is 0.231 e. The first-order valence-corrected chi connectivity index (χ1v) is 4.97. The molecule has 0 radical (unpaired) electrons. The Balaban J connectivity index is 2.51. The van der Waals surface area contributed by atoms with Gasteiger partial charge in [0.15, 0.2) is 11.5 Å². The van der Waals surface area contributed by atoms with Crippen LogP contribution in [0.2, 0.25) is 0 Å². The Bertz CT molecular complexity index is 356. The van der Waals surface area contributed by atoms with Gasteiger partial charge in [-0.3, -0.25) is 0 Å². The molecule has 0 spiro atoms. The maximum atomic E-state index is 9.00. The van der Waals surface area contributed by atoms with Crippen LogP contribution in [0.3, 0.4) is 0 Å². The summed E-state index contributed by atoms with van der Waals surface area (Å²) in [4.78, 5) is 0. The Morgan fingerprint density at radius 1 is 1.50 bits per heavy atom. The number of aliphatic hydroxyl groups excluding tert-OH is 1. The molecule has 0 unspecified atom stereocenters. The number of aliphatic hydroxyl groups is 1. The molecule has 1 aromatic carbocycles. The van der Waals surface area contributed by atoms with Gasteiger partial charge in [0, 0.05) is 10.0 Å². The van der Waals surface area contributed by atoms with E-state index in [0.29, 0.717) is 11.5 Å². The molecule has 1 aliphatic rings. The molecule has 0 bridgehead atoms.